The molecule has 0 fully saturated rings. The maximum atomic E-state index is 12.4. The molecule has 0 saturated heterocycles. The number of benzene rings is 3. The predicted octanol–water partition coefficient (Wildman–Crippen LogP) is 4.63. The highest BCUT2D eigenvalue weighted by Crippen LogP contribution is 2.14. The van der Waals surface area contributed by atoms with E-state index in [0.717, 1.165) is 11.3 Å². The van der Waals surface area contributed by atoms with Crippen molar-refractivity contribution in [1.29, 1.82) is 0 Å². The van der Waals surface area contributed by atoms with Gasteiger partial charge in [-0.1, -0.05) is 36.4 Å². The van der Waals surface area contributed by atoms with Crippen LogP contribution in [0.4, 0.5) is 11.4 Å². The minimum absolute atomic E-state index is 0.0135. The summed E-state index contributed by atoms with van der Waals surface area (Å²) in [7, 11) is 0. The van der Waals surface area contributed by atoms with Crippen LogP contribution in [0.1, 0.15) is 33.2 Å². The molecule has 5 nitrogen and oxygen atoms in total. The Labute approximate surface area is 175 Å². The normalized spacial score (nSPS) is 10.1. The van der Waals surface area contributed by atoms with Crippen molar-refractivity contribution in [2.45, 2.75) is 13.5 Å². The van der Waals surface area contributed by atoms with E-state index in [0.29, 0.717) is 28.5 Å². The van der Waals surface area contributed by atoms with Crippen LogP contribution in [0.25, 0.3) is 0 Å². The molecule has 6 heteroatoms. The van der Waals surface area contributed by atoms with Gasteiger partial charge in [0.1, 0.15) is 0 Å². The predicted molar refractivity (Wildman–Crippen MR) is 120 cm³/mol. The highest BCUT2D eigenvalue weighted by atomic mass is 32.1. The molecule has 0 aliphatic rings. The number of carbonyl (C=O) groups excluding carboxylic acids is 2. The maximum Gasteiger partial charge on any atom is 0.251 e. The van der Waals surface area contributed by atoms with Gasteiger partial charge in [-0.05, 0) is 67.2 Å². The average molecular weight is 404 g/mol. The number of carbonyl (C=O) groups is 2. The fourth-order valence-electron chi connectivity index (χ4n) is 2.70. The van der Waals surface area contributed by atoms with Crippen molar-refractivity contribution in [3.8, 4) is 0 Å². The Balaban J connectivity index is 1.57. The molecule has 3 aromatic carbocycles. The molecular weight excluding hydrogens is 382 g/mol. The van der Waals surface area contributed by atoms with Crippen molar-refractivity contribution >= 4 is 40.4 Å². The van der Waals surface area contributed by atoms with Crippen LogP contribution in [0.2, 0.25) is 0 Å². The SMILES string of the molecule is CC(=O)c1ccc(NC(=S)Nc2cccc(C(=O)NCc3ccccc3)c2)cc1. The minimum atomic E-state index is -0.156. The van der Waals surface area contributed by atoms with Gasteiger partial charge < -0.3 is 16.0 Å². The summed E-state index contributed by atoms with van der Waals surface area (Å²) in [6.45, 7) is 1.99. The van der Waals surface area contributed by atoms with Crippen LogP contribution < -0.4 is 16.0 Å². The van der Waals surface area contributed by atoms with Gasteiger partial charge in [-0.3, -0.25) is 9.59 Å². The summed E-state index contributed by atoms with van der Waals surface area (Å²) in [5.41, 5.74) is 3.69. The van der Waals surface area contributed by atoms with Gasteiger partial charge >= 0.3 is 0 Å². The standard InChI is InChI=1S/C23H21N3O2S/c1-16(27)18-10-12-20(13-11-18)25-23(29)26-21-9-5-8-19(14-21)22(28)24-15-17-6-3-2-4-7-17/h2-14H,15H2,1H3,(H,24,28)(H2,25,26,29). The molecule has 0 aliphatic heterocycles. The third kappa shape index (κ3) is 5.99. The first-order valence-corrected chi connectivity index (χ1v) is 9.53. The second-order valence-corrected chi connectivity index (χ2v) is 6.87. The first-order chi connectivity index (χ1) is 14.0. The summed E-state index contributed by atoms with van der Waals surface area (Å²) in [6.07, 6.45) is 0. The summed E-state index contributed by atoms with van der Waals surface area (Å²) >= 11 is 5.34. The zero-order valence-corrected chi connectivity index (χ0v) is 16.8. The lowest BCUT2D eigenvalue weighted by atomic mass is 10.1. The van der Waals surface area contributed by atoms with E-state index in [4.69, 9.17) is 12.2 Å². The number of anilines is 2. The number of hydrogen-bond acceptors (Lipinski definition) is 3. The Morgan fingerprint density at radius 2 is 1.48 bits per heavy atom. The third-order valence-electron chi connectivity index (χ3n) is 4.23. The smallest absolute Gasteiger partial charge is 0.251 e. The number of rotatable bonds is 6. The van der Waals surface area contributed by atoms with Gasteiger partial charge in [0.2, 0.25) is 0 Å². The first kappa shape index (κ1) is 20.2. The highest BCUT2D eigenvalue weighted by molar-refractivity contribution is 7.80. The molecule has 29 heavy (non-hydrogen) atoms. The van der Waals surface area contributed by atoms with E-state index in [2.05, 4.69) is 16.0 Å². The average Bonchev–Trinajstić information content (AvgIpc) is 2.73. The molecule has 0 aromatic heterocycles. The summed E-state index contributed by atoms with van der Waals surface area (Å²) in [5.74, 6) is -0.143. The van der Waals surface area contributed by atoms with E-state index in [1.54, 1.807) is 42.5 Å². The molecule has 3 N–H and O–H groups in total. The Morgan fingerprint density at radius 3 is 2.17 bits per heavy atom. The van der Waals surface area contributed by atoms with Crippen molar-refractivity contribution in [2.75, 3.05) is 10.6 Å². The zero-order chi connectivity index (χ0) is 20.6. The van der Waals surface area contributed by atoms with E-state index < -0.39 is 0 Å². The van der Waals surface area contributed by atoms with Crippen molar-refractivity contribution < 1.29 is 9.59 Å². The molecule has 0 aliphatic carbocycles. The maximum absolute atomic E-state index is 12.4. The molecule has 0 atom stereocenters. The van der Waals surface area contributed by atoms with Gasteiger partial charge in [-0.25, -0.2) is 0 Å². The molecule has 0 radical (unpaired) electrons. The summed E-state index contributed by atoms with van der Waals surface area (Å²) < 4.78 is 0. The van der Waals surface area contributed by atoms with Gasteiger partial charge in [0.25, 0.3) is 5.91 Å². The largest absolute Gasteiger partial charge is 0.348 e. The summed E-state index contributed by atoms with van der Waals surface area (Å²) in [5, 5.41) is 9.43. The topological polar surface area (TPSA) is 70.2 Å². The van der Waals surface area contributed by atoms with Crippen LogP contribution in [0.3, 0.4) is 0 Å². The van der Waals surface area contributed by atoms with E-state index in [-0.39, 0.29) is 11.7 Å². The molecule has 146 valence electrons. The molecule has 0 spiro atoms. The van der Waals surface area contributed by atoms with Crippen LogP contribution >= 0.6 is 12.2 Å². The van der Waals surface area contributed by atoms with Crippen LogP contribution in [0.5, 0.6) is 0 Å². The van der Waals surface area contributed by atoms with E-state index in [1.165, 1.54) is 6.92 Å². The number of ketones is 1. The lowest BCUT2D eigenvalue weighted by Crippen LogP contribution is -2.23. The van der Waals surface area contributed by atoms with Crippen LogP contribution in [0.15, 0.2) is 78.9 Å². The number of amides is 1. The lowest BCUT2D eigenvalue weighted by Gasteiger charge is -2.12. The lowest BCUT2D eigenvalue weighted by molar-refractivity contribution is 0.0950. The van der Waals surface area contributed by atoms with Gasteiger partial charge in [-0.15, -0.1) is 0 Å². The van der Waals surface area contributed by atoms with Crippen LogP contribution in [-0.2, 0) is 6.54 Å². The number of thiocarbonyl (C=S) groups is 1. The molecule has 3 rings (SSSR count). The van der Waals surface area contributed by atoms with E-state index in [1.807, 2.05) is 36.4 Å². The summed E-state index contributed by atoms with van der Waals surface area (Å²) in [6, 6.07) is 23.9. The van der Waals surface area contributed by atoms with Crippen molar-refractivity contribution in [2.24, 2.45) is 0 Å². The highest BCUT2D eigenvalue weighted by Gasteiger charge is 2.07. The van der Waals surface area contributed by atoms with Gasteiger partial charge in [0.05, 0.1) is 0 Å². The summed E-state index contributed by atoms with van der Waals surface area (Å²) in [4.78, 5) is 23.8. The number of hydrogen-bond donors (Lipinski definition) is 3. The molecule has 3 aromatic rings. The fraction of sp³-hybridized carbons (Fsp3) is 0.0870. The van der Waals surface area contributed by atoms with Crippen molar-refractivity contribution in [3.63, 3.8) is 0 Å². The second kappa shape index (κ2) is 9.61. The van der Waals surface area contributed by atoms with Crippen LogP contribution in [0, 0.1) is 0 Å². The Hall–Kier alpha value is -3.51. The van der Waals surface area contributed by atoms with Crippen molar-refractivity contribution in [1.82, 2.24) is 5.32 Å². The molecule has 0 unspecified atom stereocenters. The van der Waals surface area contributed by atoms with Crippen LogP contribution in [-0.4, -0.2) is 16.8 Å². The molecule has 0 heterocycles. The first-order valence-electron chi connectivity index (χ1n) is 9.12. The Kier molecular flexibility index (Phi) is 6.71. The molecule has 0 bridgehead atoms. The molecule has 1 amide bonds. The van der Waals surface area contributed by atoms with Gasteiger partial charge in [-0.2, -0.15) is 0 Å². The second-order valence-electron chi connectivity index (χ2n) is 6.46. The molecular formula is C23H21N3O2S. The molecule has 0 saturated carbocycles. The van der Waals surface area contributed by atoms with E-state index in [9.17, 15) is 9.59 Å². The number of nitrogens with one attached hydrogen (secondary N) is 3. The zero-order valence-electron chi connectivity index (χ0n) is 15.9. The number of Topliss-reactive ketones (excluding diaryl/α,β-unsaturated/α-hetero) is 1. The Bertz CT molecular complexity index is 1020. The quantitative estimate of drug-likeness (QED) is 0.414. The van der Waals surface area contributed by atoms with Gasteiger partial charge in [0, 0.05) is 29.0 Å². The minimum Gasteiger partial charge on any atom is -0.348 e. The Morgan fingerprint density at radius 1 is 0.793 bits per heavy atom. The van der Waals surface area contributed by atoms with Crippen molar-refractivity contribution in [3.05, 3.63) is 95.6 Å². The van der Waals surface area contributed by atoms with Gasteiger partial charge in [0.15, 0.2) is 10.9 Å². The third-order valence-corrected chi connectivity index (χ3v) is 4.43. The monoisotopic (exact) mass is 403 g/mol. The van der Waals surface area contributed by atoms with E-state index >= 15 is 0 Å². The fourth-order valence-corrected chi connectivity index (χ4v) is 2.94.